The average Bonchev–Trinajstić information content (AvgIpc) is 3.28. The molecule has 0 bridgehead atoms. The Morgan fingerprint density at radius 2 is 1.87 bits per heavy atom. The lowest BCUT2D eigenvalue weighted by molar-refractivity contribution is -0.275. The van der Waals surface area contributed by atoms with Gasteiger partial charge in [0, 0.05) is 5.56 Å². The van der Waals surface area contributed by atoms with Crippen LogP contribution >= 0.6 is 46.1 Å². The van der Waals surface area contributed by atoms with Crippen molar-refractivity contribution in [3.05, 3.63) is 54.1 Å². The number of benzene rings is 1. The van der Waals surface area contributed by atoms with Gasteiger partial charge in [0.15, 0.2) is 0 Å². The number of carbonyl (C=O) groups excluding carboxylic acids is 1. The van der Waals surface area contributed by atoms with Crippen molar-refractivity contribution < 1.29 is 32.7 Å². The first kappa shape index (κ1) is 23.6. The highest BCUT2D eigenvalue weighted by molar-refractivity contribution is 7.16. The van der Waals surface area contributed by atoms with Crippen LogP contribution in [-0.4, -0.2) is 35.4 Å². The minimum absolute atomic E-state index is 0.0371. The van der Waals surface area contributed by atoms with Crippen molar-refractivity contribution in [1.29, 1.82) is 0 Å². The summed E-state index contributed by atoms with van der Waals surface area (Å²) in [6, 6.07) is 3.52. The number of nitrogens with one attached hydrogen (secondary N) is 1. The summed E-state index contributed by atoms with van der Waals surface area (Å²) in [6.45, 7) is 0.979. The number of aliphatic carboxylic acids is 1. The molecule has 6 nitrogen and oxygen atoms in total. The van der Waals surface area contributed by atoms with E-state index in [1.807, 2.05) is 0 Å². The summed E-state index contributed by atoms with van der Waals surface area (Å²) < 4.78 is 42.3. The second kappa shape index (κ2) is 8.50. The molecule has 166 valence electrons. The molecule has 2 N–H and O–H groups in total. The summed E-state index contributed by atoms with van der Waals surface area (Å²) in [5.41, 5.74) is -2.80. The lowest BCUT2D eigenvalue weighted by Gasteiger charge is -2.29. The Bertz CT molecular complexity index is 1080. The summed E-state index contributed by atoms with van der Waals surface area (Å²) in [5.74, 6) is -1.89. The van der Waals surface area contributed by atoms with E-state index in [1.165, 1.54) is 6.07 Å². The molecule has 31 heavy (non-hydrogen) atoms. The van der Waals surface area contributed by atoms with Gasteiger partial charge < -0.3 is 15.3 Å². The molecule has 0 radical (unpaired) electrons. The highest BCUT2D eigenvalue weighted by atomic mass is 35.5. The molecule has 1 aliphatic heterocycles. The predicted molar refractivity (Wildman–Crippen MR) is 110 cm³/mol. The number of carbonyl (C=O) groups is 2. The topological polar surface area (TPSA) is 88.0 Å². The number of nitrogens with zero attached hydrogens (tertiary/aromatic N) is 1. The SMILES string of the molecule is Cc1cc(C2=NOC(c3cc(Cl)c(Cl)c(Cl)c3)(C(F)(F)F)C2)sc1C(=O)NCC(=O)O. The number of oxime groups is 1. The Balaban J connectivity index is 1.94. The molecule has 1 aromatic carbocycles. The van der Waals surface area contributed by atoms with Crippen molar-refractivity contribution in [2.24, 2.45) is 5.16 Å². The number of alkyl halides is 3. The van der Waals surface area contributed by atoms with Gasteiger partial charge in [-0.25, -0.2) is 0 Å². The molecule has 1 amide bonds. The van der Waals surface area contributed by atoms with E-state index in [-0.39, 0.29) is 36.1 Å². The first-order chi connectivity index (χ1) is 14.4. The minimum atomic E-state index is -4.88. The maximum atomic E-state index is 14.1. The van der Waals surface area contributed by atoms with E-state index in [9.17, 15) is 22.8 Å². The first-order valence-corrected chi connectivity index (χ1v) is 10.4. The van der Waals surface area contributed by atoms with Gasteiger partial charge in [-0.2, -0.15) is 13.2 Å². The van der Waals surface area contributed by atoms with Crippen LogP contribution in [0.25, 0.3) is 0 Å². The van der Waals surface area contributed by atoms with E-state index in [1.54, 1.807) is 6.92 Å². The molecular weight excluding hydrogens is 504 g/mol. The Kier molecular flexibility index (Phi) is 6.48. The lowest BCUT2D eigenvalue weighted by Crippen LogP contribution is -2.42. The highest BCUT2D eigenvalue weighted by Gasteiger charge is 2.62. The van der Waals surface area contributed by atoms with Crippen LogP contribution in [-0.2, 0) is 15.2 Å². The van der Waals surface area contributed by atoms with Crippen LogP contribution in [0.4, 0.5) is 13.2 Å². The van der Waals surface area contributed by atoms with Crippen LogP contribution in [0.5, 0.6) is 0 Å². The summed E-state index contributed by atoms with van der Waals surface area (Å²) in [4.78, 5) is 28.1. The number of rotatable bonds is 5. The van der Waals surface area contributed by atoms with Crippen molar-refractivity contribution in [3.8, 4) is 0 Å². The van der Waals surface area contributed by atoms with Gasteiger partial charge in [0.2, 0.25) is 0 Å². The van der Waals surface area contributed by atoms with Crippen molar-refractivity contribution in [3.63, 3.8) is 0 Å². The van der Waals surface area contributed by atoms with Crippen LogP contribution < -0.4 is 5.32 Å². The summed E-state index contributed by atoms with van der Waals surface area (Å²) in [6.07, 6.45) is -5.58. The Morgan fingerprint density at radius 3 is 2.42 bits per heavy atom. The van der Waals surface area contributed by atoms with Gasteiger partial charge in [-0.05, 0) is 30.7 Å². The molecule has 1 aromatic heterocycles. The standard InChI is InChI=1S/C18H12Cl3F3N2O4S/c1-7-2-12(31-15(7)16(29)25-6-13(27)28)11-5-17(30-26-11,18(22,23)24)8-3-9(19)14(21)10(20)4-8/h2-4H,5-6H2,1H3,(H,25,29)(H,27,28). The molecule has 0 saturated heterocycles. The number of hydrogen-bond donors (Lipinski definition) is 2. The van der Waals surface area contributed by atoms with Crippen LogP contribution in [0.1, 0.15) is 32.1 Å². The largest absolute Gasteiger partial charge is 0.480 e. The Morgan fingerprint density at radius 1 is 1.26 bits per heavy atom. The molecule has 0 aliphatic carbocycles. The zero-order valence-electron chi connectivity index (χ0n) is 15.4. The normalized spacial score (nSPS) is 18.5. The maximum Gasteiger partial charge on any atom is 0.435 e. The summed E-state index contributed by atoms with van der Waals surface area (Å²) >= 11 is 18.5. The fraction of sp³-hybridized carbons (Fsp3) is 0.278. The zero-order valence-corrected chi connectivity index (χ0v) is 18.5. The zero-order chi connectivity index (χ0) is 23.1. The van der Waals surface area contributed by atoms with Crippen LogP contribution in [0.15, 0.2) is 23.4 Å². The van der Waals surface area contributed by atoms with Gasteiger partial charge in [0.1, 0.15) is 12.3 Å². The second-order valence-electron chi connectivity index (χ2n) is 6.58. The molecule has 1 unspecified atom stereocenters. The molecule has 1 aliphatic rings. The Hall–Kier alpha value is -2.01. The average molecular weight is 516 g/mol. The number of amides is 1. The molecule has 1 atom stereocenters. The quantitative estimate of drug-likeness (QED) is 0.521. The molecule has 0 fully saturated rings. The molecule has 3 rings (SSSR count). The minimum Gasteiger partial charge on any atom is -0.480 e. The molecule has 13 heteroatoms. The highest BCUT2D eigenvalue weighted by Crippen LogP contribution is 2.51. The van der Waals surface area contributed by atoms with Gasteiger partial charge in [0.25, 0.3) is 11.5 Å². The fourth-order valence-electron chi connectivity index (χ4n) is 2.91. The lowest BCUT2D eigenvalue weighted by atomic mass is 9.88. The van der Waals surface area contributed by atoms with Crippen LogP contribution in [0, 0.1) is 6.92 Å². The van der Waals surface area contributed by atoms with Gasteiger partial charge in [0.05, 0.1) is 31.2 Å². The molecule has 2 aromatic rings. The maximum absolute atomic E-state index is 14.1. The van der Waals surface area contributed by atoms with Gasteiger partial charge in [-0.15, -0.1) is 11.3 Å². The summed E-state index contributed by atoms with van der Waals surface area (Å²) in [7, 11) is 0. The van der Waals surface area contributed by atoms with Crippen molar-refractivity contribution in [2.45, 2.75) is 25.1 Å². The third kappa shape index (κ3) is 4.48. The summed E-state index contributed by atoms with van der Waals surface area (Å²) in [5, 5.41) is 14.1. The first-order valence-electron chi connectivity index (χ1n) is 8.43. The van der Waals surface area contributed by atoms with Crippen molar-refractivity contribution in [2.75, 3.05) is 6.54 Å². The van der Waals surface area contributed by atoms with Crippen LogP contribution in [0.3, 0.4) is 0 Å². The molecule has 2 heterocycles. The smallest absolute Gasteiger partial charge is 0.435 e. The second-order valence-corrected chi connectivity index (χ2v) is 8.83. The number of carboxylic acid groups (broad SMARTS) is 1. The van der Waals surface area contributed by atoms with Gasteiger partial charge >= 0.3 is 12.1 Å². The third-order valence-electron chi connectivity index (χ3n) is 4.44. The molecular formula is C18H12Cl3F3N2O4S. The number of hydrogen-bond acceptors (Lipinski definition) is 5. The third-order valence-corrected chi connectivity index (χ3v) is 6.93. The van der Waals surface area contributed by atoms with E-state index in [0.29, 0.717) is 5.56 Å². The van der Waals surface area contributed by atoms with Gasteiger partial charge in [-0.1, -0.05) is 40.0 Å². The predicted octanol–water partition coefficient (Wildman–Crippen LogP) is 5.41. The van der Waals surface area contributed by atoms with E-state index in [0.717, 1.165) is 23.5 Å². The van der Waals surface area contributed by atoms with Gasteiger partial charge in [-0.3, -0.25) is 9.59 Å². The van der Waals surface area contributed by atoms with E-state index in [4.69, 9.17) is 44.7 Å². The van der Waals surface area contributed by atoms with E-state index >= 15 is 0 Å². The number of thiophene rings is 1. The number of halogens is 6. The molecule has 0 saturated carbocycles. The molecule has 0 spiro atoms. The number of aryl methyl sites for hydroxylation is 1. The van der Waals surface area contributed by atoms with E-state index < -0.39 is 36.6 Å². The Labute approximate surface area is 192 Å². The number of carboxylic acids is 1. The van der Waals surface area contributed by atoms with Crippen LogP contribution in [0.2, 0.25) is 15.1 Å². The van der Waals surface area contributed by atoms with Crippen molar-refractivity contribution >= 4 is 63.7 Å². The monoisotopic (exact) mass is 514 g/mol. The van der Waals surface area contributed by atoms with Crippen molar-refractivity contribution in [1.82, 2.24) is 5.32 Å². The van der Waals surface area contributed by atoms with E-state index in [2.05, 4.69) is 10.5 Å². The fourth-order valence-corrected chi connectivity index (χ4v) is 4.57.